The number of aromatic amines is 1. The van der Waals surface area contributed by atoms with Crippen LogP contribution in [0.5, 0.6) is 0 Å². The first-order valence-corrected chi connectivity index (χ1v) is 9.64. The first kappa shape index (κ1) is 15.9. The van der Waals surface area contributed by atoms with Crippen LogP contribution in [0, 0.1) is 0 Å². The third kappa shape index (κ3) is 3.45. The Balaban J connectivity index is 1.63. The van der Waals surface area contributed by atoms with Gasteiger partial charge in [-0.3, -0.25) is 9.78 Å². The van der Waals surface area contributed by atoms with Crippen LogP contribution in [0.25, 0.3) is 10.9 Å². The molecule has 0 spiro atoms. The van der Waals surface area contributed by atoms with E-state index in [1.54, 1.807) is 30.4 Å². The summed E-state index contributed by atoms with van der Waals surface area (Å²) < 4.78 is 0. The van der Waals surface area contributed by atoms with E-state index < -0.39 is 0 Å². The summed E-state index contributed by atoms with van der Waals surface area (Å²) >= 11 is 3.23. The number of carbonyl (C=O) groups is 1. The largest absolute Gasteiger partial charge is 0.360 e. The molecule has 4 aromatic rings. The van der Waals surface area contributed by atoms with Crippen molar-refractivity contribution < 1.29 is 4.79 Å². The van der Waals surface area contributed by atoms with Crippen LogP contribution in [0.1, 0.15) is 15.9 Å². The van der Waals surface area contributed by atoms with Gasteiger partial charge in [0.1, 0.15) is 0 Å². The average molecular weight is 365 g/mol. The van der Waals surface area contributed by atoms with Crippen LogP contribution < -0.4 is 5.32 Å². The van der Waals surface area contributed by atoms with Crippen molar-refractivity contribution in [3.63, 3.8) is 0 Å². The number of benzene rings is 1. The molecule has 3 heterocycles. The average Bonchev–Trinajstić information content (AvgIpc) is 3.30. The van der Waals surface area contributed by atoms with Crippen molar-refractivity contribution in [2.24, 2.45) is 0 Å². The first-order chi connectivity index (χ1) is 12.3. The number of hydrogen-bond acceptors (Lipinski definition) is 4. The summed E-state index contributed by atoms with van der Waals surface area (Å²) in [5.74, 6) is 0.740. The van der Waals surface area contributed by atoms with E-state index in [4.69, 9.17) is 0 Å². The highest BCUT2D eigenvalue weighted by molar-refractivity contribution is 7.98. The Morgan fingerprint density at radius 3 is 2.84 bits per heavy atom. The van der Waals surface area contributed by atoms with E-state index in [0.717, 1.165) is 26.6 Å². The molecule has 0 bridgehead atoms. The van der Waals surface area contributed by atoms with Crippen LogP contribution in [0.4, 0.5) is 5.00 Å². The van der Waals surface area contributed by atoms with Gasteiger partial charge in [0.25, 0.3) is 5.91 Å². The fraction of sp³-hybridized carbons (Fsp3) is 0.0526. The number of anilines is 1. The molecule has 4 nitrogen and oxygen atoms in total. The van der Waals surface area contributed by atoms with Gasteiger partial charge in [-0.2, -0.15) is 0 Å². The van der Waals surface area contributed by atoms with Crippen LogP contribution in [0.2, 0.25) is 0 Å². The fourth-order valence-electron chi connectivity index (χ4n) is 2.62. The standard InChI is InChI=1S/C19H15N3OS2/c23-19(22-17-5-2-10-24-17)14-11-21-15-3-1-4-16(18(14)15)25-12-13-6-8-20-9-7-13/h1-11,21H,12H2,(H,22,23). The minimum Gasteiger partial charge on any atom is -0.360 e. The smallest absolute Gasteiger partial charge is 0.258 e. The number of rotatable bonds is 5. The summed E-state index contributed by atoms with van der Waals surface area (Å²) in [6, 6.07) is 13.9. The number of thiophene rings is 1. The van der Waals surface area contributed by atoms with Gasteiger partial charge < -0.3 is 10.3 Å². The highest BCUT2D eigenvalue weighted by Crippen LogP contribution is 2.33. The molecule has 0 saturated heterocycles. The second-order valence-electron chi connectivity index (χ2n) is 5.46. The van der Waals surface area contributed by atoms with Crippen LogP contribution in [-0.2, 0) is 5.75 Å². The molecule has 0 unspecified atom stereocenters. The molecule has 0 fully saturated rings. The van der Waals surface area contributed by atoms with Gasteiger partial charge in [0.2, 0.25) is 0 Å². The van der Waals surface area contributed by atoms with Crippen molar-refractivity contribution in [2.75, 3.05) is 5.32 Å². The van der Waals surface area contributed by atoms with Gasteiger partial charge in [-0.25, -0.2) is 0 Å². The summed E-state index contributed by atoms with van der Waals surface area (Å²) in [5, 5.41) is 6.72. The Hall–Kier alpha value is -2.57. The Kier molecular flexibility index (Phi) is 4.54. The SMILES string of the molecule is O=C(Nc1cccs1)c1c[nH]c2cccc(SCc3ccncc3)c12. The third-order valence-corrected chi connectivity index (χ3v) is 5.73. The molecule has 25 heavy (non-hydrogen) atoms. The van der Waals surface area contributed by atoms with E-state index in [2.05, 4.69) is 21.4 Å². The van der Waals surface area contributed by atoms with Crippen LogP contribution in [0.15, 0.2) is 71.3 Å². The Bertz CT molecular complexity index is 994. The van der Waals surface area contributed by atoms with Crippen molar-refractivity contribution in [1.29, 1.82) is 0 Å². The highest BCUT2D eigenvalue weighted by Gasteiger charge is 2.16. The molecule has 3 aromatic heterocycles. The van der Waals surface area contributed by atoms with Crippen LogP contribution in [0.3, 0.4) is 0 Å². The lowest BCUT2D eigenvalue weighted by atomic mass is 10.1. The molecule has 124 valence electrons. The Morgan fingerprint density at radius 1 is 1.16 bits per heavy atom. The number of amides is 1. The van der Waals surface area contributed by atoms with Crippen LogP contribution >= 0.6 is 23.1 Å². The van der Waals surface area contributed by atoms with Gasteiger partial charge in [-0.05, 0) is 47.3 Å². The molecule has 0 aliphatic carbocycles. The minimum atomic E-state index is -0.0920. The highest BCUT2D eigenvalue weighted by atomic mass is 32.2. The number of fused-ring (bicyclic) bond motifs is 1. The predicted molar refractivity (Wildman–Crippen MR) is 104 cm³/mol. The molecule has 4 rings (SSSR count). The second kappa shape index (κ2) is 7.13. The zero-order chi connectivity index (χ0) is 17.1. The van der Waals surface area contributed by atoms with E-state index >= 15 is 0 Å². The predicted octanol–water partition coefficient (Wildman–Crippen LogP) is 5.17. The quantitative estimate of drug-likeness (QED) is 0.480. The van der Waals surface area contributed by atoms with Gasteiger partial charge in [-0.1, -0.05) is 6.07 Å². The molecular formula is C19H15N3OS2. The normalized spacial score (nSPS) is 10.9. The van der Waals surface area contributed by atoms with E-state index in [1.807, 2.05) is 41.8 Å². The van der Waals surface area contributed by atoms with Gasteiger partial charge >= 0.3 is 0 Å². The molecule has 0 atom stereocenters. The topological polar surface area (TPSA) is 57.8 Å². The fourth-order valence-corrected chi connectivity index (χ4v) is 4.29. The lowest BCUT2D eigenvalue weighted by molar-refractivity contribution is 0.102. The third-order valence-electron chi connectivity index (χ3n) is 3.81. The first-order valence-electron chi connectivity index (χ1n) is 7.78. The van der Waals surface area contributed by atoms with Gasteiger partial charge in [0.15, 0.2) is 0 Å². The van der Waals surface area contributed by atoms with Gasteiger partial charge in [0, 0.05) is 40.1 Å². The molecule has 0 aliphatic rings. The maximum absolute atomic E-state index is 12.7. The number of pyridine rings is 1. The monoisotopic (exact) mass is 365 g/mol. The van der Waals surface area contributed by atoms with Gasteiger partial charge in [-0.15, -0.1) is 23.1 Å². The maximum Gasteiger partial charge on any atom is 0.258 e. The summed E-state index contributed by atoms with van der Waals surface area (Å²) in [6.07, 6.45) is 5.38. The number of hydrogen-bond donors (Lipinski definition) is 2. The number of carbonyl (C=O) groups excluding carboxylic acids is 1. The molecule has 2 N–H and O–H groups in total. The maximum atomic E-state index is 12.7. The number of thioether (sulfide) groups is 1. The van der Waals surface area contributed by atoms with Crippen molar-refractivity contribution in [1.82, 2.24) is 9.97 Å². The molecular weight excluding hydrogens is 350 g/mol. The van der Waals surface area contributed by atoms with E-state index in [-0.39, 0.29) is 5.91 Å². The lowest BCUT2D eigenvalue weighted by Crippen LogP contribution is -2.10. The van der Waals surface area contributed by atoms with E-state index in [9.17, 15) is 4.79 Å². The number of H-pyrrole nitrogens is 1. The number of aromatic nitrogens is 2. The molecule has 1 aromatic carbocycles. The lowest BCUT2D eigenvalue weighted by Gasteiger charge is -2.07. The summed E-state index contributed by atoms with van der Waals surface area (Å²) in [5.41, 5.74) is 2.84. The number of nitrogens with zero attached hydrogens (tertiary/aromatic N) is 1. The van der Waals surface area contributed by atoms with E-state index in [0.29, 0.717) is 5.56 Å². The Morgan fingerprint density at radius 2 is 2.04 bits per heavy atom. The zero-order valence-electron chi connectivity index (χ0n) is 13.2. The molecule has 0 radical (unpaired) electrons. The van der Waals surface area contributed by atoms with Crippen molar-refractivity contribution in [3.05, 3.63) is 77.6 Å². The van der Waals surface area contributed by atoms with Gasteiger partial charge in [0.05, 0.1) is 10.6 Å². The molecule has 0 saturated carbocycles. The molecule has 1 amide bonds. The number of nitrogens with one attached hydrogen (secondary N) is 2. The Labute approximate surface area is 153 Å². The molecule has 0 aliphatic heterocycles. The molecule has 6 heteroatoms. The summed E-state index contributed by atoms with van der Waals surface area (Å²) in [7, 11) is 0. The van der Waals surface area contributed by atoms with Crippen molar-refractivity contribution in [2.45, 2.75) is 10.6 Å². The summed E-state index contributed by atoms with van der Waals surface area (Å²) in [4.78, 5) is 21.0. The van der Waals surface area contributed by atoms with Crippen LogP contribution in [-0.4, -0.2) is 15.9 Å². The van der Waals surface area contributed by atoms with Crippen molar-refractivity contribution >= 4 is 44.9 Å². The minimum absolute atomic E-state index is 0.0920. The van der Waals surface area contributed by atoms with E-state index in [1.165, 1.54) is 16.9 Å². The zero-order valence-corrected chi connectivity index (χ0v) is 14.9. The summed E-state index contributed by atoms with van der Waals surface area (Å²) in [6.45, 7) is 0. The second-order valence-corrected chi connectivity index (χ2v) is 7.42. The van der Waals surface area contributed by atoms with Crippen molar-refractivity contribution in [3.8, 4) is 0 Å².